The van der Waals surface area contributed by atoms with Crippen LogP contribution in [0.5, 0.6) is 0 Å². The lowest BCUT2D eigenvalue weighted by Crippen LogP contribution is -2.17. The van der Waals surface area contributed by atoms with Gasteiger partial charge < -0.3 is 4.90 Å². The van der Waals surface area contributed by atoms with Crippen LogP contribution in [-0.2, 0) is 6.54 Å². The molecule has 2 aromatic rings. The molecule has 2 rings (SSSR count). The fourth-order valence-corrected chi connectivity index (χ4v) is 2.15. The van der Waals surface area contributed by atoms with Crippen molar-refractivity contribution in [3.63, 3.8) is 0 Å². The standard InChI is InChI=1S/C12H11N3S/c1-15(8-10-5-3-2-4-6-10)12-11(7-13)16-9-14-12/h2-6,9H,8H2,1H3. The maximum atomic E-state index is 8.92. The van der Waals surface area contributed by atoms with E-state index in [1.54, 1.807) is 5.51 Å². The molecule has 0 atom stereocenters. The number of rotatable bonds is 3. The minimum Gasteiger partial charge on any atom is -0.354 e. The van der Waals surface area contributed by atoms with Crippen LogP contribution in [0.25, 0.3) is 0 Å². The van der Waals surface area contributed by atoms with Crippen LogP contribution in [0.2, 0.25) is 0 Å². The molecule has 3 nitrogen and oxygen atoms in total. The lowest BCUT2D eigenvalue weighted by Gasteiger charge is -2.16. The Bertz CT molecular complexity index is 498. The quantitative estimate of drug-likeness (QED) is 0.812. The van der Waals surface area contributed by atoms with Gasteiger partial charge in [0.2, 0.25) is 0 Å². The summed E-state index contributed by atoms with van der Waals surface area (Å²) in [5.41, 5.74) is 2.91. The van der Waals surface area contributed by atoms with E-state index in [1.165, 1.54) is 16.9 Å². The van der Waals surface area contributed by atoms with E-state index in [2.05, 4.69) is 23.2 Å². The Hall–Kier alpha value is -1.86. The maximum Gasteiger partial charge on any atom is 0.157 e. The van der Waals surface area contributed by atoms with E-state index >= 15 is 0 Å². The Morgan fingerprint density at radius 2 is 2.12 bits per heavy atom. The molecule has 0 saturated carbocycles. The van der Waals surface area contributed by atoms with Crippen LogP contribution in [-0.4, -0.2) is 12.0 Å². The summed E-state index contributed by atoms with van der Waals surface area (Å²) in [5.74, 6) is 0.761. The molecule has 80 valence electrons. The molecular weight excluding hydrogens is 218 g/mol. The molecule has 0 aliphatic carbocycles. The van der Waals surface area contributed by atoms with Crippen LogP contribution < -0.4 is 4.90 Å². The van der Waals surface area contributed by atoms with Gasteiger partial charge in [0.25, 0.3) is 0 Å². The highest BCUT2D eigenvalue weighted by Gasteiger charge is 2.10. The first-order chi connectivity index (χ1) is 7.81. The zero-order valence-electron chi connectivity index (χ0n) is 8.92. The third-order valence-electron chi connectivity index (χ3n) is 2.27. The molecule has 0 spiro atoms. The summed E-state index contributed by atoms with van der Waals surface area (Å²) in [6.07, 6.45) is 0. The molecule has 16 heavy (non-hydrogen) atoms. The van der Waals surface area contributed by atoms with Gasteiger partial charge in [0.1, 0.15) is 10.9 Å². The van der Waals surface area contributed by atoms with Crippen molar-refractivity contribution in [1.82, 2.24) is 4.98 Å². The van der Waals surface area contributed by atoms with Gasteiger partial charge in [0.05, 0.1) is 5.51 Å². The van der Waals surface area contributed by atoms with E-state index in [9.17, 15) is 0 Å². The summed E-state index contributed by atoms with van der Waals surface area (Å²) < 4.78 is 0. The number of benzene rings is 1. The number of nitriles is 1. The van der Waals surface area contributed by atoms with E-state index in [-0.39, 0.29) is 0 Å². The molecule has 0 aliphatic heterocycles. The topological polar surface area (TPSA) is 39.9 Å². The third kappa shape index (κ3) is 2.20. The van der Waals surface area contributed by atoms with Crippen LogP contribution in [0, 0.1) is 11.3 Å². The maximum absolute atomic E-state index is 8.92. The predicted octanol–water partition coefficient (Wildman–Crippen LogP) is 2.65. The third-order valence-corrected chi connectivity index (χ3v) is 2.99. The van der Waals surface area contributed by atoms with Crippen molar-refractivity contribution in [2.45, 2.75) is 6.54 Å². The van der Waals surface area contributed by atoms with E-state index < -0.39 is 0 Å². The van der Waals surface area contributed by atoms with Gasteiger partial charge in [-0.25, -0.2) is 4.98 Å². The Morgan fingerprint density at radius 1 is 1.38 bits per heavy atom. The van der Waals surface area contributed by atoms with Crippen LogP contribution >= 0.6 is 11.3 Å². The normalized spacial score (nSPS) is 9.75. The average molecular weight is 229 g/mol. The molecule has 1 aromatic carbocycles. The predicted molar refractivity (Wildman–Crippen MR) is 65.4 cm³/mol. The minimum atomic E-state index is 0.665. The van der Waals surface area contributed by atoms with Crippen molar-refractivity contribution in [3.05, 3.63) is 46.3 Å². The average Bonchev–Trinajstić information content (AvgIpc) is 2.78. The minimum absolute atomic E-state index is 0.665. The smallest absolute Gasteiger partial charge is 0.157 e. The summed E-state index contributed by atoms with van der Waals surface area (Å²) in [6.45, 7) is 0.763. The highest BCUT2D eigenvalue weighted by atomic mass is 32.1. The molecule has 0 unspecified atom stereocenters. The summed E-state index contributed by atoms with van der Waals surface area (Å²) >= 11 is 1.37. The molecule has 1 heterocycles. The SMILES string of the molecule is CN(Cc1ccccc1)c1ncsc1C#N. The van der Waals surface area contributed by atoms with Gasteiger partial charge in [-0.1, -0.05) is 30.3 Å². The van der Waals surface area contributed by atoms with Gasteiger partial charge in [-0.05, 0) is 5.56 Å². The summed E-state index contributed by atoms with van der Waals surface area (Å²) in [6, 6.07) is 12.3. The van der Waals surface area contributed by atoms with Crippen LogP contribution in [0.3, 0.4) is 0 Å². The molecule has 0 aliphatic rings. The van der Waals surface area contributed by atoms with E-state index in [0.29, 0.717) is 4.88 Å². The summed E-state index contributed by atoms with van der Waals surface area (Å²) in [4.78, 5) is 6.86. The molecular formula is C12H11N3S. The number of hydrogen-bond donors (Lipinski definition) is 0. The Labute approximate surface area is 98.6 Å². The molecule has 0 amide bonds. The fourth-order valence-electron chi connectivity index (χ4n) is 1.52. The largest absolute Gasteiger partial charge is 0.354 e. The second-order valence-electron chi connectivity index (χ2n) is 3.46. The number of anilines is 1. The lowest BCUT2D eigenvalue weighted by atomic mass is 10.2. The zero-order valence-corrected chi connectivity index (χ0v) is 9.74. The van der Waals surface area contributed by atoms with Gasteiger partial charge >= 0.3 is 0 Å². The summed E-state index contributed by atoms with van der Waals surface area (Å²) in [7, 11) is 1.95. The fraction of sp³-hybridized carbons (Fsp3) is 0.167. The summed E-state index contributed by atoms with van der Waals surface area (Å²) in [5, 5.41) is 8.92. The van der Waals surface area contributed by atoms with Gasteiger partial charge in [-0.15, -0.1) is 11.3 Å². The van der Waals surface area contributed by atoms with Crippen LogP contribution in [0.1, 0.15) is 10.4 Å². The molecule has 0 fully saturated rings. The van der Waals surface area contributed by atoms with Gasteiger partial charge in [-0.3, -0.25) is 0 Å². The molecule has 0 bridgehead atoms. The Kier molecular flexibility index (Phi) is 3.18. The lowest BCUT2D eigenvalue weighted by molar-refractivity contribution is 0.902. The van der Waals surface area contributed by atoms with Crippen molar-refractivity contribution in [2.24, 2.45) is 0 Å². The monoisotopic (exact) mass is 229 g/mol. The number of hydrogen-bond acceptors (Lipinski definition) is 4. The van der Waals surface area contributed by atoms with Gasteiger partial charge in [-0.2, -0.15) is 5.26 Å². The van der Waals surface area contributed by atoms with E-state index in [1.807, 2.05) is 30.1 Å². The van der Waals surface area contributed by atoms with Crippen molar-refractivity contribution >= 4 is 17.2 Å². The molecule has 0 N–H and O–H groups in total. The first kappa shape index (κ1) is 10.7. The molecule has 0 saturated heterocycles. The highest BCUT2D eigenvalue weighted by molar-refractivity contribution is 7.10. The van der Waals surface area contributed by atoms with Gasteiger partial charge in [0, 0.05) is 13.6 Å². The number of thiazole rings is 1. The van der Waals surface area contributed by atoms with Crippen molar-refractivity contribution in [3.8, 4) is 6.07 Å². The molecule has 4 heteroatoms. The van der Waals surface area contributed by atoms with E-state index in [4.69, 9.17) is 5.26 Å². The van der Waals surface area contributed by atoms with Crippen LogP contribution in [0.15, 0.2) is 35.8 Å². The Morgan fingerprint density at radius 3 is 2.81 bits per heavy atom. The van der Waals surface area contributed by atoms with Crippen LogP contribution in [0.4, 0.5) is 5.82 Å². The molecule has 0 radical (unpaired) electrons. The van der Waals surface area contributed by atoms with Crippen molar-refractivity contribution < 1.29 is 0 Å². The second kappa shape index (κ2) is 4.77. The van der Waals surface area contributed by atoms with Gasteiger partial charge in [0.15, 0.2) is 5.82 Å². The first-order valence-electron chi connectivity index (χ1n) is 4.90. The number of nitrogens with zero attached hydrogens (tertiary/aromatic N) is 3. The number of aromatic nitrogens is 1. The Balaban J connectivity index is 2.15. The zero-order chi connectivity index (χ0) is 11.4. The highest BCUT2D eigenvalue weighted by Crippen LogP contribution is 2.21. The van der Waals surface area contributed by atoms with Crippen molar-refractivity contribution in [2.75, 3.05) is 11.9 Å². The molecule has 1 aromatic heterocycles. The first-order valence-corrected chi connectivity index (χ1v) is 5.78. The van der Waals surface area contributed by atoms with E-state index in [0.717, 1.165) is 12.4 Å². The van der Waals surface area contributed by atoms with Crippen molar-refractivity contribution in [1.29, 1.82) is 5.26 Å². The second-order valence-corrected chi connectivity index (χ2v) is 4.31.